The average molecular weight is 465 g/mol. The molecule has 7 rings (SSSR count). The van der Waals surface area contributed by atoms with Crippen molar-refractivity contribution < 1.29 is 18.0 Å². The summed E-state index contributed by atoms with van der Waals surface area (Å²) in [5.74, 6) is 3.32. The van der Waals surface area contributed by atoms with Gasteiger partial charge in [-0.2, -0.15) is 18.3 Å². The Kier molecular flexibility index (Phi) is 4.00. The fourth-order valence-corrected chi connectivity index (χ4v) is 7.03. The molecule has 2 N–H and O–H groups in total. The minimum absolute atomic E-state index is 0.138. The molecule has 10 heteroatoms. The molecule has 33 heavy (non-hydrogen) atoms. The first-order chi connectivity index (χ1) is 15.7. The van der Waals surface area contributed by atoms with E-state index >= 15 is 0 Å². The van der Waals surface area contributed by atoms with Crippen molar-refractivity contribution in [2.75, 3.05) is 32.7 Å². The lowest BCUT2D eigenvalue weighted by atomic mass is 9.57. The molecule has 180 valence electrons. The monoisotopic (exact) mass is 464 g/mol. The summed E-state index contributed by atoms with van der Waals surface area (Å²) in [6, 6.07) is 0.138. The van der Waals surface area contributed by atoms with Crippen LogP contribution < -0.4 is 5.32 Å². The Hall–Kier alpha value is -1.84. The molecule has 6 fully saturated rings. The van der Waals surface area contributed by atoms with Crippen LogP contribution in [0.25, 0.3) is 0 Å². The maximum absolute atomic E-state index is 13.1. The van der Waals surface area contributed by atoms with Gasteiger partial charge >= 0.3 is 12.2 Å². The number of carbonyl (C=O) groups excluding carboxylic acids is 1. The Labute approximate surface area is 190 Å². The number of aromatic amines is 1. The van der Waals surface area contributed by atoms with Gasteiger partial charge in [-0.3, -0.25) is 5.10 Å². The predicted molar refractivity (Wildman–Crippen MR) is 112 cm³/mol. The first kappa shape index (κ1) is 20.5. The topological polar surface area (TPSA) is 77.2 Å². The predicted octanol–water partition coefficient (Wildman–Crippen LogP) is 3.38. The fraction of sp³-hybridized carbons (Fsp3) is 0.870. The number of carbonyl (C=O) groups is 1. The molecule has 0 radical (unpaired) electrons. The largest absolute Gasteiger partial charge is 0.406 e. The zero-order valence-electron chi connectivity index (χ0n) is 18.8. The number of hydrogen-bond acceptors (Lipinski definition) is 4. The molecule has 0 atom stereocenters. The van der Waals surface area contributed by atoms with Gasteiger partial charge in [0, 0.05) is 48.8 Å². The van der Waals surface area contributed by atoms with Gasteiger partial charge in [0.1, 0.15) is 11.4 Å². The summed E-state index contributed by atoms with van der Waals surface area (Å²) in [6.45, 7) is 3.63. The highest BCUT2D eigenvalue weighted by Crippen LogP contribution is 2.57. The molecule has 1 aromatic heterocycles. The minimum Gasteiger partial charge on any atom is -0.323 e. The van der Waals surface area contributed by atoms with Crippen LogP contribution in [0, 0.1) is 16.7 Å². The van der Waals surface area contributed by atoms with Gasteiger partial charge in [0.2, 0.25) is 0 Å². The van der Waals surface area contributed by atoms with Gasteiger partial charge in [-0.15, -0.1) is 0 Å². The second kappa shape index (κ2) is 6.43. The first-order valence-electron chi connectivity index (χ1n) is 12.5. The number of H-pyrrole nitrogens is 1. The molecule has 4 aliphatic carbocycles. The number of aromatic nitrogens is 3. The van der Waals surface area contributed by atoms with Crippen molar-refractivity contribution in [1.82, 2.24) is 30.3 Å². The average Bonchev–Trinajstić information content (AvgIpc) is 3.55. The summed E-state index contributed by atoms with van der Waals surface area (Å²) >= 11 is 0. The molecule has 2 spiro atoms. The third kappa shape index (κ3) is 3.22. The van der Waals surface area contributed by atoms with Crippen molar-refractivity contribution in [2.24, 2.45) is 16.7 Å². The molecule has 4 saturated carbocycles. The number of amides is 2. The Morgan fingerprint density at radius 2 is 1.61 bits per heavy atom. The summed E-state index contributed by atoms with van der Waals surface area (Å²) < 4.78 is 39.2. The van der Waals surface area contributed by atoms with Gasteiger partial charge in [-0.25, -0.2) is 9.78 Å². The zero-order chi connectivity index (χ0) is 22.6. The Morgan fingerprint density at radius 1 is 1.00 bits per heavy atom. The van der Waals surface area contributed by atoms with Crippen LogP contribution in [0.15, 0.2) is 0 Å². The van der Waals surface area contributed by atoms with Gasteiger partial charge in [0.05, 0.1) is 0 Å². The standard InChI is InChI=1S/C23H31F3N6O/c24-23(25,26)22(3-4-22)27-9-14-5-20(6-14)10-31(11-20)19(33)32-12-21(13-32)7-16(8-21)18-28-17(29-30-18)15-1-2-15/h14-16,27H,1-13H2,(H,28,29,30). The summed E-state index contributed by atoms with van der Waals surface area (Å²) in [5, 5.41) is 10.3. The van der Waals surface area contributed by atoms with Gasteiger partial charge in [-0.05, 0) is 63.8 Å². The lowest BCUT2D eigenvalue weighted by Gasteiger charge is -2.63. The number of hydrogen-bond donors (Lipinski definition) is 2. The van der Waals surface area contributed by atoms with Gasteiger partial charge in [0.25, 0.3) is 0 Å². The van der Waals surface area contributed by atoms with E-state index in [1.807, 2.05) is 9.80 Å². The lowest BCUT2D eigenvalue weighted by molar-refractivity contribution is -0.168. The van der Waals surface area contributed by atoms with Crippen LogP contribution in [0.2, 0.25) is 0 Å². The van der Waals surface area contributed by atoms with Crippen LogP contribution in [-0.4, -0.2) is 75.5 Å². The van der Waals surface area contributed by atoms with Crippen LogP contribution in [0.3, 0.4) is 0 Å². The van der Waals surface area contributed by atoms with Crippen molar-refractivity contribution in [3.63, 3.8) is 0 Å². The van der Waals surface area contributed by atoms with E-state index in [0.29, 0.717) is 24.3 Å². The van der Waals surface area contributed by atoms with Crippen molar-refractivity contribution in [1.29, 1.82) is 0 Å². The molecule has 2 saturated heterocycles. The second-order valence-electron chi connectivity index (χ2n) is 12.2. The molecule has 3 heterocycles. The van der Waals surface area contributed by atoms with Crippen LogP contribution >= 0.6 is 0 Å². The third-order valence-corrected chi connectivity index (χ3v) is 9.32. The van der Waals surface area contributed by atoms with Crippen LogP contribution in [0.5, 0.6) is 0 Å². The normalized spacial score (nSPS) is 29.4. The van der Waals surface area contributed by atoms with Gasteiger partial charge < -0.3 is 15.1 Å². The highest BCUT2D eigenvalue weighted by Gasteiger charge is 2.64. The van der Waals surface area contributed by atoms with E-state index in [1.54, 1.807) is 0 Å². The van der Waals surface area contributed by atoms with Crippen molar-refractivity contribution in [3.8, 4) is 0 Å². The number of rotatable bonds is 5. The van der Waals surface area contributed by atoms with E-state index in [0.717, 1.165) is 63.5 Å². The highest BCUT2D eigenvalue weighted by atomic mass is 19.4. The third-order valence-electron chi connectivity index (χ3n) is 9.32. The van der Waals surface area contributed by atoms with E-state index in [-0.39, 0.29) is 29.7 Å². The first-order valence-corrected chi connectivity index (χ1v) is 12.5. The number of likely N-dealkylation sites (tertiary alicyclic amines) is 2. The van der Waals surface area contributed by atoms with Crippen molar-refractivity contribution in [2.45, 2.75) is 74.9 Å². The number of nitrogens with zero attached hydrogens (tertiary/aromatic N) is 4. The molecule has 0 bridgehead atoms. The molecular weight excluding hydrogens is 433 g/mol. The maximum Gasteiger partial charge on any atom is 0.406 e. The zero-order valence-corrected chi connectivity index (χ0v) is 18.8. The van der Waals surface area contributed by atoms with E-state index in [9.17, 15) is 18.0 Å². The summed E-state index contributed by atoms with van der Waals surface area (Å²) in [5.41, 5.74) is -1.20. The molecule has 1 aromatic rings. The quantitative estimate of drug-likeness (QED) is 0.701. The lowest BCUT2D eigenvalue weighted by Crippen LogP contribution is -2.71. The number of halogens is 3. The molecular formula is C23H31F3N6O. The number of urea groups is 1. The van der Waals surface area contributed by atoms with Crippen LogP contribution in [0.4, 0.5) is 18.0 Å². The van der Waals surface area contributed by atoms with E-state index < -0.39 is 11.7 Å². The van der Waals surface area contributed by atoms with Crippen molar-refractivity contribution >= 4 is 6.03 Å². The van der Waals surface area contributed by atoms with E-state index in [1.165, 1.54) is 12.8 Å². The minimum atomic E-state index is -4.14. The molecule has 7 nitrogen and oxygen atoms in total. The Bertz CT molecular complexity index is 955. The number of nitrogens with one attached hydrogen (secondary N) is 2. The van der Waals surface area contributed by atoms with Gasteiger partial charge in [0.15, 0.2) is 5.82 Å². The second-order valence-corrected chi connectivity index (χ2v) is 12.2. The SMILES string of the molecule is O=C(N1CC2(CC(CNC3(C(F)(F)F)CC3)C2)C1)N1CC2(CC(c3n[nH]c(C4CC4)n3)C2)C1. The number of alkyl halides is 3. The molecule has 6 aliphatic rings. The molecule has 2 aliphatic heterocycles. The fourth-order valence-electron chi connectivity index (χ4n) is 7.03. The van der Waals surface area contributed by atoms with Crippen molar-refractivity contribution in [3.05, 3.63) is 11.6 Å². The van der Waals surface area contributed by atoms with Crippen LogP contribution in [-0.2, 0) is 0 Å². The molecule has 0 aromatic carbocycles. The molecule has 0 unspecified atom stereocenters. The summed E-state index contributed by atoms with van der Waals surface area (Å²) in [7, 11) is 0. The highest BCUT2D eigenvalue weighted by molar-refractivity contribution is 5.77. The van der Waals surface area contributed by atoms with E-state index in [2.05, 4.69) is 20.5 Å². The Balaban J connectivity index is 0.830. The molecule has 2 amide bonds. The summed E-state index contributed by atoms with van der Waals surface area (Å²) in [4.78, 5) is 21.4. The Morgan fingerprint density at radius 3 is 2.15 bits per heavy atom. The smallest absolute Gasteiger partial charge is 0.323 e. The van der Waals surface area contributed by atoms with Crippen LogP contribution in [0.1, 0.15) is 74.9 Å². The summed E-state index contributed by atoms with van der Waals surface area (Å²) in [6.07, 6.45) is 2.70. The maximum atomic E-state index is 13.1. The van der Waals surface area contributed by atoms with E-state index in [4.69, 9.17) is 0 Å². The van der Waals surface area contributed by atoms with Gasteiger partial charge in [-0.1, -0.05) is 0 Å².